The lowest BCUT2D eigenvalue weighted by molar-refractivity contribution is 0.410. The molecule has 2 nitrogen and oxygen atoms in total. The van der Waals surface area contributed by atoms with E-state index in [1.807, 2.05) is 0 Å². The molecule has 0 bridgehead atoms. The summed E-state index contributed by atoms with van der Waals surface area (Å²) in [4.78, 5) is 0. The zero-order valence-corrected chi connectivity index (χ0v) is 4.02. The lowest BCUT2D eigenvalue weighted by Crippen LogP contribution is -1.92. The van der Waals surface area contributed by atoms with E-state index in [2.05, 4.69) is 5.32 Å². The van der Waals surface area contributed by atoms with Gasteiger partial charge >= 0.3 is 0 Å². The molecule has 36 valence electrons. The molecule has 0 saturated carbocycles. The number of aliphatic hydroxyl groups is 1. The maximum Gasteiger partial charge on any atom is 0.105 e. The van der Waals surface area contributed by atoms with Crippen LogP contribution in [0, 0.1) is 0 Å². The maximum atomic E-state index is 8.35. The van der Waals surface area contributed by atoms with E-state index >= 15 is 0 Å². The highest BCUT2D eigenvalue weighted by Gasteiger charge is 1.68. The fourth-order valence-electron chi connectivity index (χ4n) is 0.209. The molecular weight excluding hydrogens is 78.0 g/mol. The zero-order chi connectivity index (χ0) is 4.99. The molecule has 2 heteroatoms. The highest BCUT2D eigenvalue weighted by molar-refractivity contribution is 4.81. The molecule has 0 radical (unpaired) electrons. The van der Waals surface area contributed by atoms with Crippen LogP contribution in [0.5, 0.6) is 0 Å². The summed E-state index contributed by atoms with van der Waals surface area (Å²) in [6, 6.07) is 0. The van der Waals surface area contributed by atoms with Crippen molar-refractivity contribution in [3.8, 4) is 0 Å². The third-order valence-electron chi connectivity index (χ3n) is 0.353. The average Bonchev–Trinajstić information content (AvgIpc) is 1.35. The van der Waals surface area contributed by atoms with Crippen molar-refractivity contribution in [1.82, 2.24) is 5.32 Å². The van der Waals surface area contributed by atoms with E-state index in [4.69, 9.17) is 5.11 Å². The van der Waals surface area contributed by atoms with Gasteiger partial charge in [-0.3, -0.25) is 0 Å². The summed E-state index contributed by atoms with van der Waals surface area (Å²) < 4.78 is 0. The Morgan fingerprint density at radius 3 is 2.33 bits per heavy atom. The predicted octanol–water partition coefficient (Wildman–Crippen LogP) is 0.625. The van der Waals surface area contributed by atoms with Crippen molar-refractivity contribution in [2.75, 3.05) is 7.05 Å². The van der Waals surface area contributed by atoms with E-state index in [0.29, 0.717) is 5.76 Å². The summed E-state index contributed by atoms with van der Waals surface area (Å²) in [5.41, 5.74) is 0. The molecule has 0 saturated heterocycles. The van der Waals surface area contributed by atoms with Gasteiger partial charge < -0.3 is 10.4 Å². The molecule has 0 heterocycles. The maximum absolute atomic E-state index is 8.35. The summed E-state index contributed by atoms with van der Waals surface area (Å²) in [7, 11) is 1.74. The van der Waals surface area contributed by atoms with Crippen LogP contribution in [0.1, 0.15) is 6.92 Å². The molecule has 0 aromatic carbocycles. The van der Waals surface area contributed by atoms with Gasteiger partial charge in [-0.15, -0.1) is 0 Å². The van der Waals surface area contributed by atoms with Crippen molar-refractivity contribution in [2.45, 2.75) is 6.92 Å². The van der Waals surface area contributed by atoms with Gasteiger partial charge in [0.05, 0.1) is 0 Å². The Bertz CT molecular complexity index is 54.6. The van der Waals surface area contributed by atoms with Gasteiger partial charge in [-0.2, -0.15) is 0 Å². The van der Waals surface area contributed by atoms with Crippen LogP contribution >= 0.6 is 0 Å². The molecule has 0 aromatic rings. The highest BCUT2D eigenvalue weighted by atomic mass is 16.3. The molecule has 0 aliphatic rings. The van der Waals surface area contributed by atoms with E-state index in [-0.39, 0.29) is 0 Å². The van der Waals surface area contributed by atoms with Gasteiger partial charge in [0, 0.05) is 13.2 Å². The third-order valence-corrected chi connectivity index (χ3v) is 0.353. The van der Waals surface area contributed by atoms with E-state index < -0.39 is 0 Å². The Hall–Kier alpha value is -0.660. The van der Waals surface area contributed by atoms with Crippen LogP contribution in [0.15, 0.2) is 12.0 Å². The van der Waals surface area contributed by atoms with Gasteiger partial charge in [0.1, 0.15) is 5.76 Å². The lowest BCUT2D eigenvalue weighted by Gasteiger charge is -1.84. The summed E-state index contributed by atoms with van der Waals surface area (Å²) in [5, 5.41) is 11.0. The van der Waals surface area contributed by atoms with Crippen LogP contribution in [0.2, 0.25) is 0 Å². The smallest absolute Gasteiger partial charge is 0.105 e. The molecule has 2 N–H and O–H groups in total. The standard InChI is InChI=1S/C4H9NO/c1-4(6)3-5-2/h3,5-6H,1-2H3/b4-3-. The predicted molar refractivity (Wildman–Crippen MR) is 25.4 cm³/mol. The van der Waals surface area contributed by atoms with Crippen LogP contribution in [0.4, 0.5) is 0 Å². The van der Waals surface area contributed by atoms with E-state index in [1.54, 1.807) is 14.0 Å². The van der Waals surface area contributed by atoms with Gasteiger partial charge in [-0.05, 0) is 6.92 Å². The Morgan fingerprint density at radius 2 is 2.33 bits per heavy atom. The molecule has 0 aliphatic carbocycles. The first-order chi connectivity index (χ1) is 2.77. The summed E-state index contributed by atoms with van der Waals surface area (Å²) in [5.74, 6) is 0.303. The minimum absolute atomic E-state index is 0.303. The number of hydrogen-bond acceptors (Lipinski definition) is 2. The number of hydrogen-bond donors (Lipinski definition) is 2. The molecule has 0 aliphatic heterocycles. The molecule has 0 atom stereocenters. The fraction of sp³-hybridized carbons (Fsp3) is 0.500. The molecule has 0 fully saturated rings. The number of aliphatic hydroxyl groups excluding tert-OH is 1. The first-order valence-electron chi connectivity index (χ1n) is 1.80. The van der Waals surface area contributed by atoms with E-state index in [9.17, 15) is 0 Å². The molecule has 0 unspecified atom stereocenters. The summed E-state index contributed by atoms with van der Waals surface area (Å²) in [6.07, 6.45) is 1.51. The minimum Gasteiger partial charge on any atom is -0.511 e. The Morgan fingerprint density at radius 1 is 1.83 bits per heavy atom. The van der Waals surface area contributed by atoms with E-state index in [1.165, 1.54) is 6.20 Å². The molecule has 0 rings (SSSR count). The Balaban J connectivity index is 3.14. The Kier molecular flexibility index (Phi) is 2.29. The Labute approximate surface area is 37.5 Å². The molecule has 0 spiro atoms. The van der Waals surface area contributed by atoms with Crippen LogP contribution in [0.3, 0.4) is 0 Å². The molecule has 0 aromatic heterocycles. The van der Waals surface area contributed by atoms with Gasteiger partial charge in [-0.1, -0.05) is 0 Å². The van der Waals surface area contributed by atoms with Gasteiger partial charge in [0.25, 0.3) is 0 Å². The normalized spacial score (nSPS) is 11.3. The quantitative estimate of drug-likeness (QED) is 0.459. The minimum atomic E-state index is 0.303. The van der Waals surface area contributed by atoms with Crippen molar-refractivity contribution >= 4 is 0 Å². The number of rotatable bonds is 1. The monoisotopic (exact) mass is 87.1 g/mol. The lowest BCUT2D eigenvalue weighted by atomic mass is 10.6. The SMILES string of the molecule is CN/C=C(/C)O. The highest BCUT2D eigenvalue weighted by Crippen LogP contribution is 1.74. The topological polar surface area (TPSA) is 32.3 Å². The van der Waals surface area contributed by atoms with Crippen molar-refractivity contribution in [2.24, 2.45) is 0 Å². The van der Waals surface area contributed by atoms with Gasteiger partial charge in [0.2, 0.25) is 0 Å². The second-order valence-corrected chi connectivity index (χ2v) is 1.07. The van der Waals surface area contributed by atoms with Crippen molar-refractivity contribution < 1.29 is 5.11 Å². The molecule has 6 heavy (non-hydrogen) atoms. The third kappa shape index (κ3) is 3.34. The van der Waals surface area contributed by atoms with Crippen LogP contribution < -0.4 is 5.32 Å². The second kappa shape index (κ2) is 2.57. The first kappa shape index (κ1) is 5.34. The van der Waals surface area contributed by atoms with Crippen molar-refractivity contribution in [1.29, 1.82) is 0 Å². The fourth-order valence-corrected chi connectivity index (χ4v) is 0.209. The van der Waals surface area contributed by atoms with Gasteiger partial charge in [0.15, 0.2) is 0 Å². The zero-order valence-electron chi connectivity index (χ0n) is 4.02. The summed E-state index contributed by atoms with van der Waals surface area (Å²) in [6.45, 7) is 1.61. The van der Waals surface area contributed by atoms with Crippen LogP contribution in [-0.2, 0) is 0 Å². The average molecular weight is 87.1 g/mol. The van der Waals surface area contributed by atoms with Gasteiger partial charge in [-0.25, -0.2) is 0 Å². The molecule has 0 amide bonds. The van der Waals surface area contributed by atoms with E-state index in [0.717, 1.165) is 0 Å². The second-order valence-electron chi connectivity index (χ2n) is 1.07. The molecular formula is C4H9NO. The van der Waals surface area contributed by atoms with Crippen LogP contribution in [0.25, 0.3) is 0 Å². The van der Waals surface area contributed by atoms with Crippen molar-refractivity contribution in [3.05, 3.63) is 12.0 Å². The number of nitrogens with one attached hydrogen (secondary N) is 1. The van der Waals surface area contributed by atoms with Crippen molar-refractivity contribution in [3.63, 3.8) is 0 Å². The summed E-state index contributed by atoms with van der Waals surface area (Å²) >= 11 is 0. The largest absolute Gasteiger partial charge is 0.511 e. The van der Waals surface area contributed by atoms with Crippen LogP contribution in [-0.4, -0.2) is 12.2 Å². The number of allylic oxidation sites excluding steroid dienone is 1. The first-order valence-corrected chi connectivity index (χ1v) is 1.80.